The highest BCUT2D eigenvalue weighted by Gasteiger charge is 2.29. The summed E-state index contributed by atoms with van der Waals surface area (Å²) in [5, 5.41) is 3.56. The van der Waals surface area contributed by atoms with Gasteiger partial charge in [-0.1, -0.05) is 29.8 Å². The van der Waals surface area contributed by atoms with Gasteiger partial charge in [-0.05, 0) is 37.3 Å². The van der Waals surface area contributed by atoms with Gasteiger partial charge in [0, 0.05) is 18.8 Å². The summed E-state index contributed by atoms with van der Waals surface area (Å²) in [5.41, 5.74) is 3.88. The molecule has 1 N–H and O–H groups in total. The second-order valence-electron chi connectivity index (χ2n) is 5.36. The summed E-state index contributed by atoms with van der Waals surface area (Å²) >= 11 is 0. The molecule has 0 aliphatic heterocycles. The van der Waals surface area contributed by atoms with E-state index in [1.54, 1.807) is 12.5 Å². The molecule has 1 aromatic carbocycles. The van der Waals surface area contributed by atoms with Crippen LogP contribution < -0.4 is 5.32 Å². The van der Waals surface area contributed by atoms with Gasteiger partial charge in [0.25, 0.3) is 0 Å². The van der Waals surface area contributed by atoms with Crippen LogP contribution in [0.4, 0.5) is 0 Å². The molecule has 98 valence electrons. The highest BCUT2D eigenvalue weighted by atomic mass is 15.0. The molecule has 19 heavy (non-hydrogen) atoms. The van der Waals surface area contributed by atoms with Crippen molar-refractivity contribution in [2.24, 2.45) is 0 Å². The highest BCUT2D eigenvalue weighted by Crippen LogP contribution is 2.36. The van der Waals surface area contributed by atoms with Crippen molar-refractivity contribution >= 4 is 0 Å². The molecule has 0 amide bonds. The lowest BCUT2D eigenvalue weighted by Gasteiger charge is -2.36. The Bertz CT molecular complexity index is 515. The summed E-state index contributed by atoms with van der Waals surface area (Å²) in [5.74, 6) is 0.725. The first-order valence-electron chi connectivity index (χ1n) is 6.86. The Kier molecular flexibility index (Phi) is 3.56. The third kappa shape index (κ3) is 2.99. The van der Waals surface area contributed by atoms with Crippen molar-refractivity contribution in [1.29, 1.82) is 0 Å². The zero-order valence-electron chi connectivity index (χ0n) is 11.2. The zero-order valence-corrected chi connectivity index (χ0v) is 11.2. The minimum absolute atomic E-state index is 0.626. The van der Waals surface area contributed by atoms with E-state index in [1.807, 2.05) is 6.07 Å². The van der Waals surface area contributed by atoms with Crippen LogP contribution in [0.3, 0.4) is 0 Å². The maximum Gasteiger partial charge on any atom is 0.115 e. The lowest BCUT2D eigenvalue weighted by atomic mass is 9.76. The number of benzene rings is 1. The molecule has 1 heterocycles. The van der Waals surface area contributed by atoms with Crippen molar-refractivity contribution in [3.05, 3.63) is 59.7 Å². The molecule has 1 aliphatic carbocycles. The Hall–Kier alpha value is -1.74. The van der Waals surface area contributed by atoms with E-state index < -0.39 is 0 Å². The van der Waals surface area contributed by atoms with E-state index >= 15 is 0 Å². The highest BCUT2D eigenvalue weighted by molar-refractivity contribution is 5.26. The monoisotopic (exact) mass is 253 g/mol. The molecule has 1 aliphatic rings. The fourth-order valence-electron chi connectivity index (χ4n) is 2.57. The Morgan fingerprint density at radius 3 is 2.63 bits per heavy atom. The maximum atomic E-state index is 4.22. The minimum atomic E-state index is 0.626. The largest absolute Gasteiger partial charge is 0.308 e. The van der Waals surface area contributed by atoms with E-state index in [0.29, 0.717) is 6.04 Å². The van der Waals surface area contributed by atoms with Gasteiger partial charge >= 0.3 is 0 Å². The van der Waals surface area contributed by atoms with Crippen LogP contribution in [-0.4, -0.2) is 16.0 Å². The van der Waals surface area contributed by atoms with E-state index in [9.17, 15) is 0 Å². The van der Waals surface area contributed by atoms with Gasteiger partial charge in [0.2, 0.25) is 0 Å². The fourth-order valence-corrected chi connectivity index (χ4v) is 2.57. The van der Waals surface area contributed by atoms with Gasteiger partial charge in [-0.2, -0.15) is 0 Å². The number of aromatic nitrogens is 2. The van der Waals surface area contributed by atoms with Crippen molar-refractivity contribution in [2.75, 3.05) is 0 Å². The second-order valence-corrected chi connectivity index (χ2v) is 5.36. The van der Waals surface area contributed by atoms with Gasteiger partial charge in [0.1, 0.15) is 6.33 Å². The second kappa shape index (κ2) is 5.49. The van der Waals surface area contributed by atoms with Gasteiger partial charge in [-0.25, -0.2) is 9.97 Å². The average Bonchev–Trinajstić information content (AvgIpc) is 2.40. The Morgan fingerprint density at radius 1 is 1.16 bits per heavy atom. The molecule has 0 saturated heterocycles. The van der Waals surface area contributed by atoms with Crippen LogP contribution >= 0.6 is 0 Å². The molecule has 0 spiro atoms. The number of rotatable bonds is 4. The van der Waals surface area contributed by atoms with Gasteiger partial charge in [-0.15, -0.1) is 0 Å². The number of hydrogen-bond donors (Lipinski definition) is 1. The van der Waals surface area contributed by atoms with Gasteiger partial charge < -0.3 is 5.32 Å². The number of aryl methyl sites for hydroxylation is 1. The lowest BCUT2D eigenvalue weighted by molar-refractivity contribution is 0.288. The lowest BCUT2D eigenvalue weighted by Crippen LogP contribution is -2.39. The quantitative estimate of drug-likeness (QED) is 0.910. The first-order chi connectivity index (χ1) is 9.31. The number of hydrogen-bond acceptors (Lipinski definition) is 3. The molecule has 2 aromatic rings. The number of nitrogens with zero attached hydrogens (tertiary/aromatic N) is 2. The van der Waals surface area contributed by atoms with Crippen molar-refractivity contribution in [3.8, 4) is 0 Å². The average molecular weight is 253 g/mol. The summed E-state index contributed by atoms with van der Waals surface area (Å²) in [7, 11) is 0. The van der Waals surface area contributed by atoms with Crippen LogP contribution in [0, 0.1) is 6.92 Å². The fraction of sp³-hybridized carbons (Fsp3) is 0.375. The van der Waals surface area contributed by atoms with Crippen molar-refractivity contribution in [2.45, 2.75) is 38.3 Å². The molecule has 1 saturated carbocycles. The molecule has 0 radical (unpaired) electrons. The smallest absolute Gasteiger partial charge is 0.115 e. The minimum Gasteiger partial charge on any atom is -0.308 e. The number of nitrogens with one attached hydrogen (secondary N) is 1. The van der Waals surface area contributed by atoms with E-state index in [1.165, 1.54) is 24.0 Å². The van der Waals surface area contributed by atoms with Gasteiger partial charge in [-0.3, -0.25) is 0 Å². The SMILES string of the molecule is Cc1ccc(C2CC(NCc3ccncn3)C2)cc1. The van der Waals surface area contributed by atoms with Gasteiger partial charge in [0.05, 0.1) is 5.69 Å². The molecule has 3 rings (SSSR count). The Morgan fingerprint density at radius 2 is 1.95 bits per heavy atom. The molecule has 3 heteroatoms. The van der Waals surface area contributed by atoms with Crippen LogP contribution in [0.5, 0.6) is 0 Å². The molecule has 1 aromatic heterocycles. The van der Waals surface area contributed by atoms with E-state index in [-0.39, 0.29) is 0 Å². The first kappa shape index (κ1) is 12.3. The van der Waals surface area contributed by atoms with Crippen LogP contribution in [0.15, 0.2) is 42.9 Å². The molecule has 0 atom stereocenters. The van der Waals surface area contributed by atoms with Crippen LogP contribution in [0.1, 0.15) is 35.6 Å². The molecule has 0 bridgehead atoms. The van der Waals surface area contributed by atoms with E-state index in [2.05, 4.69) is 46.5 Å². The summed E-state index contributed by atoms with van der Waals surface area (Å²) in [4.78, 5) is 8.15. The van der Waals surface area contributed by atoms with Crippen molar-refractivity contribution in [3.63, 3.8) is 0 Å². The predicted octanol–water partition coefficient (Wildman–Crippen LogP) is 2.82. The van der Waals surface area contributed by atoms with Gasteiger partial charge in [0.15, 0.2) is 0 Å². The summed E-state index contributed by atoms with van der Waals surface area (Å²) in [6, 6.07) is 11.5. The molecule has 1 fully saturated rings. The maximum absolute atomic E-state index is 4.22. The topological polar surface area (TPSA) is 37.8 Å². The predicted molar refractivity (Wildman–Crippen MR) is 75.8 cm³/mol. The van der Waals surface area contributed by atoms with Crippen LogP contribution in [-0.2, 0) is 6.54 Å². The van der Waals surface area contributed by atoms with E-state index in [4.69, 9.17) is 0 Å². The third-order valence-corrected chi connectivity index (χ3v) is 3.90. The molecule has 0 unspecified atom stereocenters. The molecule has 3 nitrogen and oxygen atoms in total. The third-order valence-electron chi connectivity index (χ3n) is 3.90. The summed E-state index contributed by atoms with van der Waals surface area (Å²) in [6.07, 6.45) is 5.86. The zero-order chi connectivity index (χ0) is 13.1. The van der Waals surface area contributed by atoms with Crippen LogP contribution in [0.2, 0.25) is 0 Å². The summed E-state index contributed by atoms with van der Waals surface area (Å²) < 4.78 is 0. The normalized spacial score (nSPS) is 21.9. The Labute approximate surface area is 114 Å². The molecular formula is C16H19N3. The van der Waals surface area contributed by atoms with Crippen molar-refractivity contribution in [1.82, 2.24) is 15.3 Å². The van der Waals surface area contributed by atoms with Crippen LogP contribution in [0.25, 0.3) is 0 Å². The van der Waals surface area contributed by atoms with E-state index in [0.717, 1.165) is 18.2 Å². The summed E-state index contributed by atoms with van der Waals surface area (Å²) in [6.45, 7) is 2.98. The standard InChI is InChI=1S/C16H19N3/c1-12-2-4-13(5-3-12)14-8-16(9-14)18-10-15-6-7-17-11-19-15/h2-7,11,14,16,18H,8-10H2,1H3. The first-order valence-corrected chi connectivity index (χ1v) is 6.86. The molecular weight excluding hydrogens is 234 g/mol. The Balaban J connectivity index is 1.47. The van der Waals surface area contributed by atoms with Crippen molar-refractivity contribution < 1.29 is 0 Å².